The Kier molecular flexibility index (Phi) is 8.80. The Balaban J connectivity index is 0.00000320. The lowest BCUT2D eigenvalue weighted by molar-refractivity contribution is 0.0621. The van der Waals surface area contributed by atoms with Crippen molar-refractivity contribution in [2.75, 3.05) is 13.1 Å². The standard InChI is InChI=1S/C21H26FN5OS.HI/c1-4-23-20(26-14-21(3,28)17-7-10-29-13-17)25-12-16-5-6-19(18(22)11-16)27-9-8-24-15(27)2;/h5-11,13,28H,4,12,14H2,1-3H3,(H2,23,25,26);1H. The van der Waals surface area contributed by atoms with Gasteiger partial charge in [-0.3, -0.25) is 0 Å². The van der Waals surface area contributed by atoms with Gasteiger partial charge in [0, 0.05) is 18.9 Å². The molecule has 2 heterocycles. The van der Waals surface area contributed by atoms with Gasteiger partial charge < -0.3 is 20.3 Å². The number of guanidine groups is 1. The first-order valence-corrected chi connectivity index (χ1v) is 10.4. The number of aryl methyl sites for hydroxylation is 1. The van der Waals surface area contributed by atoms with Crippen molar-refractivity contribution in [1.82, 2.24) is 20.2 Å². The number of aliphatic imine (C=N–C) groups is 1. The van der Waals surface area contributed by atoms with Gasteiger partial charge in [0.15, 0.2) is 5.96 Å². The summed E-state index contributed by atoms with van der Waals surface area (Å²) in [6, 6.07) is 6.98. The molecule has 0 aliphatic rings. The molecule has 0 spiro atoms. The van der Waals surface area contributed by atoms with Crippen LogP contribution in [0.4, 0.5) is 4.39 Å². The fourth-order valence-electron chi connectivity index (χ4n) is 2.92. The van der Waals surface area contributed by atoms with Gasteiger partial charge in [-0.1, -0.05) is 6.07 Å². The minimum atomic E-state index is -1.01. The number of nitrogens with one attached hydrogen (secondary N) is 2. The summed E-state index contributed by atoms with van der Waals surface area (Å²) in [5, 5.41) is 20.8. The van der Waals surface area contributed by atoms with E-state index in [0.717, 1.165) is 17.0 Å². The van der Waals surface area contributed by atoms with Gasteiger partial charge in [0.05, 0.1) is 18.8 Å². The van der Waals surface area contributed by atoms with Gasteiger partial charge in [-0.15, -0.1) is 24.0 Å². The second-order valence-corrected chi connectivity index (χ2v) is 7.74. The van der Waals surface area contributed by atoms with Gasteiger partial charge in [-0.2, -0.15) is 11.3 Å². The van der Waals surface area contributed by atoms with Crippen LogP contribution in [0.2, 0.25) is 0 Å². The molecule has 9 heteroatoms. The van der Waals surface area contributed by atoms with Gasteiger partial charge in [0.25, 0.3) is 0 Å². The first kappa shape index (κ1) is 24.3. The van der Waals surface area contributed by atoms with Crippen LogP contribution in [0, 0.1) is 12.7 Å². The largest absolute Gasteiger partial charge is 0.384 e. The molecule has 3 aromatic rings. The van der Waals surface area contributed by atoms with E-state index in [0.29, 0.717) is 31.3 Å². The number of rotatable bonds is 7. The van der Waals surface area contributed by atoms with Crippen molar-refractivity contribution in [3.63, 3.8) is 0 Å². The van der Waals surface area contributed by atoms with Gasteiger partial charge in [0.2, 0.25) is 0 Å². The number of benzene rings is 1. The van der Waals surface area contributed by atoms with Crippen LogP contribution in [-0.4, -0.2) is 33.7 Å². The van der Waals surface area contributed by atoms with Crippen LogP contribution in [-0.2, 0) is 12.1 Å². The quantitative estimate of drug-likeness (QED) is 0.240. The molecular formula is C21H27FIN5OS. The summed E-state index contributed by atoms with van der Waals surface area (Å²) in [4.78, 5) is 8.65. The van der Waals surface area contributed by atoms with Crippen molar-refractivity contribution in [2.24, 2.45) is 4.99 Å². The highest BCUT2D eigenvalue weighted by Gasteiger charge is 2.23. The van der Waals surface area contributed by atoms with Crippen molar-refractivity contribution < 1.29 is 9.50 Å². The van der Waals surface area contributed by atoms with Crippen LogP contribution < -0.4 is 10.6 Å². The van der Waals surface area contributed by atoms with Crippen molar-refractivity contribution >= 4 is 41.3 Å². The molecule has 1 aromatic carbocycles. The lowest BCUT2D eigenvalue weighted by Crippen LogP contribution is -2.44. The second-order valence-electron chi connectivity index (χ2n) is 6.96. The molecule has 1 unspecified atom stereocenters. The fraction of sp³-hybridized carbons (Fsp3) is 0.333. The topological polar surface area (TPSA) is 74.5 Å². The third kappa shape index (κ3) is 6.02. The molecule has 162 valence electrons. The van der Waals surface area contributed by atoms with Gasteiger partial charge in [-0.05, 0) is 60.9 Å². The molecule has 3 rings (SSSR count). The molecule has 0 radical (unpaired) electrons. The first-order chi connectivity index (χ1) is 13.9. The summed E-state index contributed by atoms with van der Waals surface area (Å²) in [6.45, 7) is 6.86. The second kappa shape index (κ2) is 10.9. The molecule has 0 bridgehead atoms. The number of hydrogen-bond donors (Lipinski definition) is 3. The van der Waals surface area contributed by atoms with Crippen LogP contribution in [0.5, 0.6) is 0 Å². The summed E-state index contributed by atoms with van der Waals surface area (Å²) >= 11 is 1.55. The van der Waals surface area contributed by atoms with E-state index in [2.05, 4.69) is 20.6 Å². The molecule has 6 nitrogen and oxygen atoms in total. The maximum Gasteiger partial charge on any atom is 0.191 e. The minimum absolute atomic E-state index is 0. The lowest BCUT2D eigenvalue weighted by atomic mass is 9.99. The molecule has 0 amide bonds. The van der Waals surface area contributed by atoms with Gasteiger partial charge >= 0.3 is 0 Å². The van der Waals surface area contributed by atoms with E-state index in [1.807, 2.05) is 36.7 Å². The Bertz CT molecular complexity index is 972. The number of hydrogen-bond acceptors (Lipinski definition) is 4. The highest BCUT2D eigenvalue weighted by Crippen LogP contribution is 2.22. The molecule has 0 saturated carbocycles. The number of aromatic nitrogens is 2. The molecular weight excluding hydrogens is 516 g/mol. The number of halogens is 2. The first-order valence-electron chi connectivity index (χ1n) is 9.46. The summed E-state index contributed by atoms with van der Waals surface area (Å²) < 4.78 is 16.3. The maximum absolute atomic E-state index is 14.6. The molecule has 0 saturated heterocycles. The van der Waals surface area contributed by atoms with Crippen molar-refractivity contribution in [3.8, 4) is 5.69 Å². The number of thiophene rings is 1. The van der Waals surface area contributed by atoms with E-state index in [9.17, 15) is 9.50 Å². The third-order valence-electron chi connectivity index (χ3n) is 4.60. The molecule has 0 fully saturated rings. The van der Waals surface area contributed by atoms with Crippen LogP contribution in [0.3, 0.4) is 0 Å². The van der Waals surface area contributed by atoms with Gasteiger partial charge in [-0.25, -0.2) is 14.4 Å². The van der Waals surface area contributed by atoms with Crippen molar-refractivity contribution in [1.29, 1.82) is 0 Å². The summed E-state index contributed by atoms with van der Waals surface area (Å²) in [5.74, 6) is 0.973. The average molecular weight is 543 g/mol. The van der Waals surface area contributed by atoms with E-state index < -0.39 is 5.60 Å². The lowest BCUT2D eigenvalue weighted by Gasteiger charge is -2.24. The maximum atomic E-state index is 14.6. The Morgan fingerprint density at radius 3 is 2.73 bits per heavy atom. The number of aliphatic hydroxyl groups is 1. The third-order valence-corrected chi connectivity index (χ3v) is 5.29. The SMILES string of the molecule is CCNC(=NCc1ccc(-n2ccnc2C)c(F)c1)NCC(C)(O)c1ccsc1.I. The van der Waals surface area contributed by atoms with Crippen LogP contribution >= 0.6 is 35.3 Å². The molecule has 3 N–H and O–H groups in total. The van der Waals surface area contributed by atoms with Crippen LogP contribution in [0.25, 0.3) is 5.69 Å². The Morgan fingerprint density at radius 2 is 2.13 bits per heavy atom. The monoisotopic (exact) mass is 543 g/mol. The molecule has 2 aromatic heterocycles. The minimum Gasteiger partial charge on any atom is -0.384 e. The molecule has 30 heavy (non-hydrogen) atoms. The van der Waals surface area contributed by atoms with E-state index in [1.54, 1.807) is 41.3 Å². The normalized spacial score (nSPS) is 13.4. The number of nitrogens with zero attached hydrogens (tertiary/aromatic N) is 3. The van der Waals surface area contributed by atoms with Gasteiger partial charge in [0.1, 0.15) is 17.2 Å². The van der Waals surface area contributed by atoms with Crippen LogP contribution in [0.1, 0.15) is 30.8 Å². The number of imidazole rings is 1. The van der Waals surface area contributed by atoms with E-state index in [4.69, 9.17) is 0 Å². The highest BCUT2D eigenvalue weighted by atomic mass is 127. The van der Waals surface area contributed by atoms with Crippen LogP contribution in [0.15, 0.2) is 52.4 Å². The van der Waals surface area contributed by atoms with Crippen molar-refractivity contribution in [3.05, 3.63) is 70.2 Å². The zero-order valence-electron chi connectivity index (χ0n) is 17.2. The average Bonchev–Trinajstić information content (AvgIpc) is 3.37. The predicted octanol–water partition coefficient (Wildman–Crippen LogP) is 3.96. The Morgan fingerprint density at radius 1 is 1.33 bits per heavy atom. The van der Waals surface area contributed by atoms with E-state index >= 15 is 0 Å². The zero-order chi connectivity index (χ0) is 20.9. The highest BCUT2D eigenvalue weighted by molar-refractivity contribution is 14.0. The van der Waals surface area contributed by atoms with E-state index in [-0.39, 0.29) is 29.8 Å². The molecule has 1 atom stereocenters. The smallest absolute Gasteiger partial charge is 0.191 e. The Labute approximate surface area is 197 Å². The zero-order valence-corrected chi connectivity index (χ0v) is 20.4. The van der Waals surface area contributed by atoms with E-state index in [1.165, 1.54) is 6.07 Å². The predicted molar refractivity (Wildman–Crippen MR) is 130 cm³/mol. The summed E-state index contributed by atoms with van der Waals surface area (Å²) in [5.41, 5.74) is 1.07. The summed E-state index contributed by atoms with van der Waals surface area (Å²) in [6.07, 6.45) is 3.38. The molecule has 0 aliphatic carbocycles. The Hall–Kier alpha value is -1.98. The van der Waals surface area contributed by atoms with Crippen molar-refractivity contribution in [2.45, 2.75) is 32.9 Å². The fourth-order valence-corrected chi connectivity index (χ4v) is 3.70. The molecule has 0 aliphatic heterocycles. The summed E-state index contributed by atoms with van der Waals surface area (Å²) in [7, 11) is 0.